The molecule has 0 aliphatic heterocycles. The van der Waals surface area contributed by atoms with E-state index in [0.29, 0.717) is 6.54 Å². The lowest BCUT2D eigenvalue weighted by Gasteiger charge is -2.09. The Balaban J connectivity index is 2.11. The molecule has 0 aliphatic carbocycles. The molecule has 1 aromatic carbocycles. The molecule has 0 bridgehead atoms. The van der Waals surface area contributed by atoms with Crippen molar-refractivity contribution in [2.45, 2.75) is 6.54 Å². The van der Waals surface area contributed by atoms with Crippen LogP contribution in [-0.2, 0) is 6.54 Å². The summed E-state index contributed by atoms with van der Waals surface area (Å²) in [5.74, 6) is -0.770. The second-order valence-electron chi connectivity index (χ2n) is 3.52. The summed E-state index contributed by atoms with van der Waals surface area (Å²) in [5.41, 5.74) is 0.489. The SMILES string of the molecule is CNc1c(F)cccc1C(=O)NCc1nccs1. The van der Waals surface area contributed by atoms with Gasteiger partial charge in [0.25, 0.3) is 5.91 Å². The zero-order valence-corrected chi connectivity index (χ0v) is 10.6. The average Bonchev–Trinajstić information content (AvgIpc) is 2.88. The van der Waals surface area contributed by atoms with Crippen LogP contribution in [0.25, 0.3) is 0 Å². The molecule has 2 aromatic rings. The number of hydrogen-bond acceptors (Lipinski definition) is 4. The van der Waals surface area contributed by atoms with Gasteiger partial charge in [0, 0.05) is 18.6 Å². The van der Waals surface area contributed by atoms with E-state index in [1.165, 1.54) is 23.5 Å². The van der Waals surface area contributed by atoms with E-state index in [9.17, 15) is 9.18 Å². The highest BCUT2D eigenvalue weighted by Gasteiger charge is 2.13. The molecule has 0 spiro atoms. The predicted molar refractivity (Wildman–Crippen MR) is 69.2 cm³/mol. The fourth-order valence-corrected chi connectivity index (χ4v) is 2.11. The highest BCUT2D eigenvalue weighted by molar-refractivity contribution is 7.09. The van der Waals surface area contributed by atoms with Crippen molar-refractivity contribution < 1.29 is 9.18 Å². The molecular weight excluding hydrogens is 253 g/mol. The summed E-state index contributed by atoms with van der Waals surface area (Å²) >= 11 is 1.46. The number of nitrogens with one attached hydrogen (secondary N) is 2. The van der Waals surface area contributed by atoms with Gasteiger partial charge in [-0.25, -0.2) is 9.37 Å². The Labute approximate surface area is 108 Å². The molecule has 0 saturated carbocycles. The van der Waals surface area contributed by atoms with Gasteiger partial charge >= 0.3 is 0 Å². The van der Waals surface area contributed by atoms with Crippen LogP contribution < -0.4 is 10.6 Å². The molecule has 0 fully saturated rings. The highest BCUT2D eigenvalue weighted by atomic mass is 32.1. The smallest absolute Gasteiger partial charge is 0.253 e. The molecule has 0 aliphatic rings. The van der Waals surface area contributed by atoms with Crippen LogP contribution >= 0.6 is 11.3 Å². The first-order valence-corrected chi connectivity index (χ1v) is 6.23. The second-order valence-corrected chi connectivity index (χ2v) is 4.50. The van der Waals surface area contributed by atoms with Crippen LogP contribution in [0.15, 0.2) is 29.8 Å². The van der Waals surface area contributed by atoms with E-state index >= 15 is 0 Å². The highest BCUT2D eigenvalue weighted by Crippen LogP contribution is 2.19. The topological polar surface area (TPSA) is 54.0 Å². The van der Waals surface area contributed by atoms with E-state index in [2.05, 4.69) is 15.6 Å². The van der Waals surface area contributed by atoms with Gasteiger partial charge in [0.05, 0.1) is 17.8 Å². The largest absolute Gasteiger partial charge is 0.385 e. The third-order valence-electron chi connectivity index (χ3n) is 2.39. The average molecular weight is 265 g/mol. The third-order valence-corrected chi connectivity index (χ3v) is 3.17. The Morgan fingerprint density at radius 1 is 1.50 bits per heavy atom. The van der Waals surface area contributed by atoms with Crippen LogP contribution in [0.3, 0.4) is 0 Å². The first-order chi connectivity index (χ1) is 8.72. The second kappa shape index (κ2) is 5.59. The molecule has 6 heteroatoms. The van der Waals surface area contributed by atoms with Crippen molar-refractivity contribution in [2.24, 2.45) is 0 Å². The third kappa shape index (κ3) is 2.65. The molecule has 1 aromatic heterocycles. The number of para-hydroxylation sites is 1. The van der Waals surface area contributed by atoms with E-state index in [0.717, 1.165) is 5.01 Å². The van der Waals surface area contributed by atoms with Gasteiger partial charge in [-0.05, 0) is 12.1 Å². The van der Waals surface area contributed by atoms with Crippen molar-refractivity contribution in [2.75, 3.05) is 12.4 Å². The van der Waals surface area contributed by atoms with Gasteiger partial charge in [0.2, 0.25) is 0 Å². The lowest BCUT2D eigenvalue weighted by atomic mass is 10.1. The molecule has 0 unspecified atom stereocenters. The van der Waals surface area contributed by atoms with Gasteiger partial charge in [-0.15, -0.1) is 11.3 Å². The fourth-order valence-electron chi connectivity index (χ4n) is 1.56. The molecule has 2 N–H and O–H groups in total. The Morgan fingerprint density at radius 2 is 2.33 bits per heavy atom. The van der Waals surface area contributed by atoms with Gasteiger partial charge in [-0.1, -0.05) is 6.07 Å². The Kier molecular flexibility index (Phi) is 3.88. The van der Waals surface area contributed by atoms with Crippen molar-refractivity contribution in [3.8, 4) is 0 Å². The first kappa shape index (κ1) is 12.5. The quantitative estimate of drug-likeness (QED) is 0.891. The summed E-state index contributed by atoms with van der Waals surface area (Å²) in [5, 5.41) is 8.04. The number of halogens is 1. The minimum absolute atomic E-state index is 0.203. The van der Waals surface area contributed by atoms with Gasteiger partial charge in [0.15, 0.2) is 0 Å². The molecule has 18 heavy (non-hydrogen) atoms. The summed E-state index contributed by atoms with van der Waals surface area (Å²) in [6, 6.07) is 4.39. The summed E-state index contributed by atoms with van der Waals surface area (Å²) < 4.78 is 13.5. The van der Waals surface area contributed by atoms with Gasteiger partial charge in [-0.3, -0.25) is 4.79 Å². The van der Waals surface area contributed by atoms with E-state index in [-0.39, 0.29) is 17.2 Å². The number of thiazole rings is 1. The van der Waals surface area contributed by atoms with Crippen LogP contribution in [0.4, 0.5) is 10.1 Å². The predicted octanol–water partition coefficient (Wildman–Crippen LogP) is 2.25. The van der Waals surface area contributed by atoms with Gasteiger partial charge in [-0.2, -0.15) is 0 Å². The van der Waals surface area contributed by atoms with Crippen molar-refractivity contribution in [1.29, 1.82) is 0 Å². The van der Waals surface area contributed by atoms with Crippen molar-refractivity contribution in [3.05, 3.63) is 46.2 Å². The van der Waals surface area contributed by atoms with E-state index < -0.39 is 5.82 Å². The lowest BCUT2D eigenvalue weighted by molar-refractivity contribution is 0.0951. The van der Waals surface area contributed by atoms with Crippen LogP contribution in [-0.4, -0.2) is 17.9 Å². The van der Waals surface area contributed by atoms with Crippen LogP contribution in [0.5, 0.6) is 0 Å². The van der Waals surface area contributed by atoms with Crippen LogP contribution in [0, 0.1) is 5.82 Å². The number of nitrogens with zero attached hydrogens (tertiary/aromatic N) is 1. The monoisotopic (exact) mass is 265 g/mol. The number of carbonyl (C=O) groups is 1. The number of aromatic nitrogens is 1. The van der Waals surface area contributed by atoms with Crippen LogP contribution in [0.2, 0.25) is 0 Å². The molecule has 0 radical (unpaired) electrons. The minimum Gasteiger partial charge on any atom is -0.385 e. The van der Waals surface area contributed by atoms with E-state index in [4.69, 9.17) is 0 Å². The van der Waals surface area contributed by atoms with Gasteiger partial charge < -0.3 is 10.6 Å². The van der Waals surface area contributed by atoms with E-state index in [1.807, 2.05) is 5.38 Å². The number of anilines is 1. The van der Waals surface area contributed by atoms with E-state index in [1.54, 1.807) is 19.3 Å². The first-order valence-electron chi connectivity index (χ1n) is 5.35. The van der Waals surface area contributed by atoms with Gasteiger partial charge in [0.1, 0.15) is 10.8 Å². The minimum atomic E-state index is -0.445. The number of rotatable bonds is 4. The fraction of sp³-hybridized carbons (Fsp3) is 0.167. The molecule has 1 heterocycles. The molecule has 4 nitrogen and oxygen atoms in total. The summed E-state index contributed by atoms with van der Waals surface area (Å²) in [4.78, 5) is 16.0. The maximum Gasteiger partial charge on any atom is 0.253 e. The summed E-state index contributed by atoms with van der Waals surface area (Å²) in [7, 11) is 1.58. The maximum atomic E-state index is 13.5. The molecule has 1 amide bonds. The molecule has 94 valence electrons. The number of benzene rings is 1. The zero-order chi connectivity index (χ0) is 13.0. The number of carbonyl (C=O) groups excluding carboxylic acids is 1. The van der Waals surface area contributed by atoms with Crippen molar-refractivity contribution in [3.63, 3.8) is 0 Å². The Hall–Kier alpha value is -1.95. The summed E-state index contributed by atoms with van der Waals surface area (Å²) in [6.07, 6.45) is 1.67. The lowest BCUT2D eigenvalue weighted by Crippen LogP contribution is -2.24. The molecule has 0 atom stereocenters. The summed E-state index contributed by atoms with van der Waals surface area (Å²) in [6.45, 7) is 0.343. The number of amides is 1. The number of hydrogen-bond donors (Lipinski definition) is 2. The Morgan fingerprint density at radius 3 is 3.00 bits per heavy atom. The van der Waals surface area contributed by atoms with Crippen molar-refractivity contribution in [1.82, 2.24) is 10.3 Å². The molecule has 2 rings (SSSR count). The zero-order valence-electron chi connectivity index (χ0n) is 9.74. The van der Waals surface area contributed by atoms with Crippen LogP contribution in [0.1, 0.15) is 15.4 Å². The van der Waals surface area contributed by atoms with Crippen molar-refractivity contribution >= 4 is 22.9 Å². The molecule has 0 saturated heterocycles. The maximum absolute atomic E-state index is 13.5. The Bertz CT molecular complexity index is 542. The normalized spacial score (nSPS) is 10.1. The molecular formula is C12H12FN3OS. The standard InChI is InChI=1S/C12H12FN3OS/c1-14-11-8(3-2-4-9(11)13)12(17)16-7-10-15-5-6-18-10/h2-6,14H,7H2,1H3,(H,16,17).